The van der Waals surface area contributed by atoms with E-state index in [9.17, 15) is 19.2 Å². The minimum Gasteiger partial charge on any atom is -0.453 e. The molecule has 2 aromatic heterocycles. The van der Waals surface area contributed by atoms with Crippen molar-refractivity contribution in [1.82, 2.24) is 40.4 Å². The number of halogens is 2. The quantitative estimate of drug-likeness (QED) is 0.107. The second-order valence-corrected chi connectivity index (χ2v) is 16.5. The summed E-state index contributed by atoms with van der Waals surface area (Å²) in [6.07, 6.45) is 5.81. The van der Waals surface area contributed by atoms with Crippen LogP contribution < -0.4 is 15.5 Å². The van der Waals surface area contributed by atoms with Gasteiger partial charge in [-0.15, -0.1) is 0 Å². The third-order valence-corrected chi connectivity index (χ3v) is 12.7. The summed E-state index contributed by atoms with van der Waals surface area (Å²) in [7, 11) is 2.49. The van der Waals surface area contributed by atoms with Crippen LogP contribution in [0.15, 0.2) is 85.2 Å². The van der Waals surface area contributed by atoms with Gasteiger partial charge in [-0.1, -0.05) is 67.6 Å². The van der Waals surface area contributed by atoms with Crippen LogP contribution in [0.4, 0.5) is 24.1 Å². The second-order valence-electron chi connectivity index (χ2n) is 16.5. The molecule has 4 atom stereocenters. The Labute approximate surface area is 363 Å². The molecule has 330 valence electrons. The van der Waals surface area contributed by atoms with E-state index in [0.717, 1.165) is 12.1 Å². The van der Waals surface area contributed by atoms with E-state index in [0.29, 0.717) is 86.8 Å². The van der Waals surface area contributed by atoms with Crippen LogP contribution in [0.2, 0.25) is 0 Å². The molecule has 5 heterocycles. The van der Waals surface area contributed by atoms with Crippen LogP contribution in [0, 0.1) is 11.6 Å². The van der Waals surface area contributed by atoms with Gasteiger partial charge in [0.25, 0.3) is 11.8 Å². The number of rotatable bonds is 11. The van der Waals surface area contributed by atoms with Gasteiger partial charge >= 0.3 is 12.2 Å². The molecule has 0 aliphatic carbocycles. The zero-order valence-electron chi connectivity index (χ0n) is 35.4. The van der Waals surface area contributed by atoms with E-state index in [1.807, 2.05) is 24.3 Å². The number of methoxy groups -OCH3 is 2. The molecule has 0 bridgehead atoms. The lowest BCUT2D eigenvalue weighted by molar-refractivity contribution is -0.135. The van der Waals surface area contributed by atoms with E-state index < -0.39 is 41.9 Å². The Bertz CT molecular complexity index is 2410. The van der Waals surface area contributed by atoms with Crippen LogP contribution in [0.1, 0.15) is 98.1 Å². The monoisotopic (exact) mass is 863 g/mol. The highest BCUT2D eigenvalue weighted by molar-refractivity contribution is 5.88. The highest BCUT2D eigenvalue weighted by atomic mass is 19.1. The Morgan fingerprint density at radius 2 is 1.19 bits per heavy atom. The number of amides is 4. The molecule has 4 amide bonds. The predicted octanol–water partition coefficient (Wildman–Crippen LogP) is 7.16. The summed E-state index contributed by atoms with van der Waals surface area (Å²) >= 11 is 0. The van der Waals surface area contributed by atoms with Gasteiger partial charge in [-0.05, 0) is 61.8 Å². The van der Waals surface area contributed by atoms with Crippen molar-refractivity contribution in [2.75, 3.05) is 45.3 Å². The van der Waals surface area contributed by atoms with E-state index in [-0.39, 0.29) is 34.5 Å². The molecule has 3 aliphatic heterocycles. The number of ether oxygens (including phenoxy) is 2. The molecular weight excluding hydrogens is 813 g/mol. The van der Waals surface area contributed by atoms with E-state index in [2.05, 4.69) is 32.5 Å². The van der Waals surface area contributed by atoms with Crippen LogP contribution in [0.5, 0.6) is 0 Å². The lowest BCUT2D eigenvalue weighted by Gasteiger charge is -2.40. The summed E-state index contributed by atoms with van der Waals surface area (Å²) in [6.45, 7) is 3.82. The number of anilines is 1. The maximum Gasteiger partial charge on any atom is 0.407 e. The molecule has 3 fully saturated rings. The first-order valence-corrected chi connectivity index (χ1v) is 21.2. The fourth-order valence-corrected chi connectivity index (χ4v) is 9.16. The first kappa shape index (κ1) is 42.9. The lowest BCUT2D eigenvalue weighted by atomic mass is 9.77. The van der Waals surface area contributed by atoms with Gasteiger partial charge < -0.3 is 44.8 Å². The normalized spacial score (nSPS) is 19.3. The number of carbonyl (C=O) groups excluding carboxylic acids is 4. The van der Waals surface area contributed by atoms with Gasteiger partial charge in [0.1, 0.15) is 41.1 Å². The molecule has 0 radical (unpaired) electrons. The number of hydrogen-bond donors (Lipinski definition) is 4. The van der Waals surface area contributed by atoms with Gasteiger partial charge in [-0.2, -0.15) is 0 Å². The summed E-state index contributed by atoms with van der Waals surface area (Å²) in [5, 5.41) is 5.34. The minimum absolute atomic E-state index is 0.0999. The SMILES string of the molecule is COC(=O)NC(C(=O)N1CCCC1c1ncc(-c2cc(F)c(N3CCC(C)(c4cnc(C5CCCN5C(=O)C(NC(=O)OC)c5ccccc5)[nH]4)CC3)c(F)c2)[nH]1)c1ccccc1. The van der Waals surface area contributed by atoms with Gasteiger partial charge in [0.05, 0.1) is 38.2 Å². The Morgan fingerprint density at radius 3 is 1.68 bits per heavy atom. The van der Waals surface area contributed by atoms with E-state index >= 15 is 8.78 Å². The fraction of sp³-hybridized carbons (Fsp3) is 0.391. The van der Waals surface area contributed by atoms with Gasteiger partial charge in [0, 0.05) is 49.0 Å². The summed E-state index contributed by atoms with van der Waals surface area (Å²) in [6, 6.07) is 17.9. The van der Waals surface area contributed by atoms with E-state index in [1.165, 1.54) is 32.5 Å². The van der Waals surface area contributed by atoms with Crippen LogP contribution in [0.25, 0.3) is 11.3 Å². The molecular formula is C46H51F2N9O6. The first-order valence-electron chi connectivity index (χ1n) is 21.2. The zero-order valence-corrected chi connectivity index (χ0v) is 35.4. The number of nitrogens with one attached hydrogen (secondary N) is 4. The molecule has 5 aromatic rings. The average Bonchev–Trinajstić information content (AvgIpc) is 4.15. The summed E-state index contributed by atoms with van der Waals surface area (Å²) in [5.41, 5.74) is 2.33. The Kier molecular flexibility index (Phi) is 12.4. The van der Waals surface area contributed by atoms with Crippen molar-refractivity contribution >= 4 is 29.7 Å². The second kappa shape index (κ2) is 18.3. The standard InChI is InChI=1S/C46H51F2N9O6/c1-46(36-27-50-41(52-36)35-17-11-21-57(35)43(59)38(54-45(61)63-3)29-14-8-5-9-15-29)18-22-55(23-19-46)39-31(47)24-30(25-32(39)48)33-26-49-40(51-33)34-16-10-20-56(34)42(58)37(53-44(60)62-2)28-12-6-4-7-13-28/h4-9,12-15,24-27,34-35,37-38H,10-11,16-23H2,1-3H3,(H,49,51)(H,50,52)(H,53,60)(H,54,61). The molecule has 0 spiro atoms. The van der Waals surface area contributed by atoms with Crippen molar-refractivity contribution in [3.63, 3.8) is 0 Å². The molecule has 17 heteroatoms. The molecule has 15 nitrogen and oxygen atoms in total. The van der Waals surface area contributed by atoms with Crippen LogP contribution >= 0.6 is 0 Å². The largest absolute Gasteiger partial charge is 0.453 e. The molecule has 3 aliphatic rings. The Hall–Kier alpha value is -6.78. The highest BCUT2D eigenvalue weighted by Gasteiger charge is 2.40. The molecule has 63 heavy (non-hydrogen) atoms. The van der Waals surface area contributed by atoms with Gasteiger partial charge in [0.15, 0.2) is 0 Å². The zero-order chi connectivity index (χ0) is 44.3. The van der Waals surface area contributed by atoms with Crippen molar-refractivity contribution in [2.45, 2.75) is 75.0 Å². The van der Waals surface area contributed by atoms with E-state index in [4.69, 9.17) is 14.5 Å². The third kappa shape index (κ3) is 8.81. The lowest BCUT2D eigenvalue weighted by Crippen LogP contribution is -2.43. The number of nitrogens with zero attached hydrogens (tertiary/aromatic N) is 5. The number of likely N-dealkylation sites (tertiary alicyclic amines) is 2. The fourth-order valence-electron chi connectivity index (χ4n) is 9.16. The molecule has 4 unspecified atom stereocenters. The van der Waals surface area contributed by atoms with Crippen LogP contribution in [-0.2, 0) is 24.5 Å². The third-order valence-electron chi connectivity index (χ3n) is 12.7. The van der Waals surface area contributed by atoms with Gasteiger partial charge in [0.2, 0.25) is 0 Å². The first-order chi connectivity index (χ1) is 30.5. The molecule has 3 saturated heterocycles. The van der Waals surface area contributed by atoms with Crippen molar-refractivity contribution in [1.29, 1.82) is 0 Å². The summed E-state index contributed by atoms with van der Waals surface area (Å²) < 4.78 is 41.6. The van der Waals surface area contributed by atoms with Crippen molar-refractivity contribution in [2.24, 2.45) is 0 Å². The number of piperidine rings is 1. The smallest absolute Gasteiger partial charge is 0.407 e. The molecule has 3 aromatic carbocycles. The van der Waals surface area contributed by atoms with E-state index in [1.54, 1.807) is 57.3 Å². The average molecular weight is 864 g/mol. The number of aromatic nitrogens is 4. The van der Waals surface area contributed by atoms with Crippen molar-refractivity contribution in [3.05, 3.63) is 125 Å². The molecule has 0 saturated carbocycles. The number of benzene rings is 3. The Morgan fingerprint density at radius 1 is 0.714 bits per heavy atom. The van der Waals surface area contributed by atoms with Crippen LogP contribution in [-0.4, -0.2) is 94.1 Å². The molecule has 4 N–H and O–H groups in total. The number of alkyl carbamates (subject to hydrolysis) is 2. The Balaban J connectivity index is 0.930. The minimum atomic E-state index is -0.980. The predicted molar refractivity (Wildman–Crippen MR) is 228 cm³/mol. The number of carbonyl (C=O) groups is 4. The highest BCUT2D eigenvalue weighted by Crippen LogP contribution is 2.41. The van der Waals surface area contributed by atoms with Crippen molar-refractivity contribution < 1.29 is 37.4 Å². The number of H-pyrrole nitrogens is 2. The maximum atomic E-state index is 16.0. The number of imidazole rings is 2. The molecule has 8 rings (SSSR count). The van der Waals surface area contributed by atoms with Gasteiger partial charge in [-0.3, -0.25) is 9.59 Å². The number of hydrogen-bond acceptors (Lipinski definition) is 9. The van der Waals surface area contributed by atoms with Crippen molar-refractivity contribution in [3.8, 4) is 11.3 Å². The topological polar surface area (TPSA) is 178 Å². The number of aromatic amines is 2. The van der Waals surface area contributed by atoms with Crippen LogP contribution in [0.3, 0.4) is 0 Å². The summed E-state index contributed by atoms with van der Waals surface area (Å²) in [5.74, 6) is -0.860. The van der Waals surface area contributed by atoms with Gasteiger partial charge in [-0.25, -0.2) is 28.3 Å². The maximum absolute atomic E-state index is 16.0. The summed E-state index contributed by atoms with van der Waals surface area (Å²) in [4.78, 5) is 73.5.